The molecule has 1 atom stereocenters. The maximum atomic E-state index is 5.85. The average molecular weight is 302 g/mol. The van der Waals surface area contributed by atoms with E-state index in [1.54, 1.807) is 0 Å². The van der Waals surface area contributed by atoms with Crippen LogP contribution in [0.4, 0.5) is 0 Å². The van der Waals surface area contributed by atoms with E-state index in [9.17, 15) is 0 Å². The zero-order valence-corrected chi connectivity index (χ0v) is 10.4. The zero-order valence-electron chi connectivity index (χ0n) is 8.21. The molecule has 0 N–H and O–H groups in total. The van der Waals surface area contributed by atoms with E-state index in [0.29, 0.717) is 6.10 Å². The predicted octanol–water partition coefficient (Wildman–Crippen LogP) is 3.52. The summed E-state index contributed by atoms with van der Waals surface area (Å²) in [5, 5.41) is 0. The van der Waals surface area contributed by atoms with Gasteiger partial charge >= 0.3 is 0 Å². The lowest BCUT2D eigenvalue weighted by Crippen LogP contribution is -2.12. The van der Waals surface area contributed by atoms with Crippen molar-refractivity contribution in [2.75, 3.05) is 11.0 Å². The summed E-state index contributed by atoms with van der Waals surface area (Å²) in [5.41, 5.74) is 2.88. The van der Waals surface area contributed by atoms with Crippen molar-refractivity contribution in [2.24, 2.45) is 0 Å². The largest absolute Gasteiger partial charge is 0.373 e. The molecule has 76 valence electrons. The highest BCUT2D eigenvalue weighted by Gasteiger charge is 2.16. The molecule has 0 saturated carbocycles. The van der Waals surface area contributed by atoms with E-state index in [0.717, 1.165) is 11.0 Å². The molecule has 0 bridgehead atoms. The molecule has 0 aliphatic carbocycles. The van der Waals surface area contributed by atoms with E-state index < -0.39 is 0 Å². The van der Waals surface area contributed by atoms with Gasteiger partial charge in [-0.05, 0) is 30.4 Å². The van der Waals surface area contributed by atoms with Crippen molar-refractivity contribution < 1.29 is 4.74 Å². The molecule has 0 spiro atoms. The van der Waals surface area contributed by atoms with Crippen LogP contribution in [0.5, 0.6) is 0 Å². The van der Waals surface area contributed by atoms with Gasteiger partial charge in [0.1, 0.15) is 0 Å². The molecule has 1 aliphatic rings. The molecule has 0 amide bonds. The number of hydrogen-bond acceptors (Lipinski definition) is 1. The number of halogens is 1. The molecule has 1 nitrogen and oxygen atoms in total. The molecular weight excluding hydrogens is 287 g/mol. The zero-order chi connectivity index (χ0) is 9.80. The summed E-state index contributed by atoms with van der Waals surface area (Å²) >= 11 is 2.41. The highest BCUT2D eigenvalue weighted by atomic mass is 127. The molecule has 1 heterocycles. The van der Waals surface area contributed by atoms with Crippen LogP contribution in [0.15, 0.2) is 24.3 Å². The van der Waals surface area contributed by atoms with Crippen LogP contribution in [-0.4, -0.2) is 11.0 Å². The number of ether oxygens (including phenoxy) is 1. The fourth-order valence-electron chi connectivity index (χ4n) is 1.94. The van der Waals surface area contributed by atoms with Crippen LogP contribution in [0.2, 0.25) is 0 Å². The Morgan fingerprint density at radius 3 is 3.00 bits per heavy atom. The molecule has 0 saturated heterocycles. The van der Waals surface area contributed by atoms with Gasteiger partial charge in [0.25, 0.3) is 0 Å². The molecule has 0 radical (unpaired) electrons. The van der Waals surface area contributed by atoms with Crippen LogP contribution < -0.4 is 0 Å². The third kappa shape index (κ3) is 2.28. The van der Waals surface area contributed by atoms with E-state index in [2.05, 4.69) is 46.9 Å². The number of hydrogen-bond donors (Lipinski definition) is 0. The second-order valence-electron chi connectivity index (χ2n) is 3.67. The molecule has 1 unspecified atom stereocenters. The van der Waals surface area contributed by atoms with Gasteiger partial charge in [-0.3, -0.25) is 0 Å². The summed E-state index contributed by atoms with van der Waals surface area (Å²) in [6, 6.07) is 8.70. The van der Waals surface area contributed by atoms with E-state index in [1.807, 2.05) is 0 Å². The first-order valence-corrected chi connectivity index (χ1v) is 6.70. The lowest BCUT2D eigenvalue weighted by atomic mass is 9.97. The molecule has 1 aliphatic heterocycles. The maximum absolute atomic E-state index is 5.85. The van der Waals surface area contributed by atoms with E-state index in [4.69, 9.17) is 4.74 Å². The third-order valence-electron chi connectivity index (χ3n) is 2.70. The van der Waals surface area contributed by atoms with Gasteiger partial charge in [-0.15, -0.1) is 0 Å². The van der Waals surface area contributed by atoms with Crippen LogP contribution in [0, 0.1) is 0 Å². The molecule has 1 aromatic carbocycles. The second-order valence-corrected chi connectivity index (χ2v) is 4.55. The van der Waals surface area contributed by atoms with E-state index in [-0.39, 0.29) is 0 Å². The quantitative estimate of drug-likeness (QED) is 0.570. The number of benzene rings is 1. The van der Waals surface area contributed by atoms with Gasteiger partial charge in [0.2, 0.25) is 0 Å². The Morgan fingerprint density at radius 1 is 1.29 bits per heavy atom. The van der Waals surface area contributed by atoms with Crippen molar-refractivity contribution in [3.8, 4) is 0 Å². The van der Waals surface area contributed by atoms with Crippen molar-refractivity contribution >= 4 is 22.6 Å². The molecule has 14 heavy (non-hydrogen) atoms. The van der Waals surface area contributed by atoms with Crippen LogP contribution >= 0.6 is 22.6 Å². The normalized spacial score (nSPS) is 22.2. The lowest BCUT2D eigenvalue weighted by Gasteiger charge is -2.22. The fourth-order valence-corrected chi connectivity index (χ4v) is 2.67. The SMILES string of the molecule is ICC1OCCCCc2ccccc21. The van der Waals surface area contributed by atoms with Crippen LogP contribution in [0.3, 0.4) is 0 Å². The van der Waals surface area contributed by atoms with Gasteiger partial charge in [0.15, 0.2) is 0 Å². The Labute approximate surface area is 99.0 Å². The Morgan fingerprint density at radius 2 is 2.14 bits per heavy atom. The fraction of sp³-hybridized carbons (Fsp3) is 0.500. The topological polar surface area (TPSA) is 9.23 Å². The van der Waals surface area contributed by atoms with Gasteiger partial charge in [-0.2, -0.15) is 0 Å². The monoisotopic (exact) mass is 302 g/mol. The Balaban J connectivity index is 2.31. The molecule has 0 aromatic heterocycles. The van der Waals surface area contributed by atoms with Crippen LogP contribution in [0.25, 0.3) is 0 Å². The molecule has 0 fully saturated rings. The summed E-state index contributed by atoms with van der Waals surface area (Å²) in [4.78, 5) is 0. The van der Waals surface area contributed by atoms with E-state index >= 15 is 0 Å². The van der Waals surface area contributed by atoms with E-state index in [1.165, 1.54) is 30.4 Å². The average Bonchev–Trinajstić information content (AvgIpc) is 2.20. The van der Waals surface area contributed by atoms with Gasteiger partial charge in [-0.1, -0.05) is 46.9 Å². The summed E-state index contributed by atoms with van der Waals surface area (Å²) < 4.78 is 6.90. The molecule has 1 aromatic rings. The van der Waals surface area contributed by atoms with Gasteiger partial charge in [-0.25, -0.2) is 0 Å². The van der Waals surface area contributed by atoms with Gasteiger partial charge in [0, 0.05) is 11.0 Å². The van der Waals surface area contributed by atoms with Crippen LogP contribution in [-0.2, 0) is 11.2 Å². The molecule has 2 rings (SSSR count). The summed E-state index contributed by atoms with van der Waals surface area (Å²) in [7, 11) is 0. The van der Waals surface area contributed by atoms with Crippen molar-refractivity contribution in [1.82, 2.24) is 0 Å². The second kappa shape index (κ2) is 5.12. The van der Waals surface area contributed by atoms with Crippen molar-refractivity contribution in [2.45, 2.75) is 25.4 Å². The number of rotatable bonds is 1. The Kier molecular flexibility index (Phi) is 3.81. The van der Waals surface area contributed by atoms with Gasteiger partial charge in [0.05, 0.1) is 6.10 Å². The smallest absolute Gasteiger partial charge is 0.0916 e. The maximum Gasteiger partial charge on any atom is 0.0916 e. The summed E-state index contributed by atoms with van der Waals surface area (Å²) in [5.74, 6) is 0. The highest BCUT2D eigenvalue weighted by molar-refractivity contribution is 14.1. The number of alkyl halides is 1. The van der Waals surface area contributed by atoms with Crippen LogP contribution in [0.1, 0.15) is 30.1 Å². The molecule has 2 heteroatoms. The predicted molar refractivity (Wildman–Crippen MR) is 67.0 cm³/mol. The van der Waals surface area contributed by atoms with Gasteiger partial charge < -0.3 is 4.74 Å². The number of aryl methyl sites for hydroxylation is 1. The minimum Gasteiger partial charge on any atom is -0.373 e. The first kappa shape index (κ1) is 10.4. The summed E-state index contributed by atoms with van der Waals surface area (Å²) in [6.45, 7) is 0.919. The van der Waals surface area contributed by atoms with Crippen molar-refractivity contribution in [1.29, 1.82) is 0 Å². The number of fused-ring (bicyclic) bond motifs is 1. The third-order valence-corrected chi connectivity index (χ3v) is 3.50. The Hall–Kier alpha value is -0.0900. The van der Waals surface area contributed by atoms with Crippen molar-refractivity contribution in [3.05, 3.63) is 35.4 Å². The summed E-state index contributed by atoms with van der Waals surface area (Å²) in [6.07, 6.45) is 3.98. The minimum absolute atomic E-state index is 0.312. The first-order chi connectivity index (χ1) is 6.92. The Bertz CT molecular complexity index is 298. The first-order valence-electron chi connectivity index (χ1n) is 5.17. The minimum atomic E-state index is 0.312. The lowest BCUT2D eigenvalue weighted by molar-refractivity contribution is 0.0645. The standard InChI is InChI=1S/C12H15IO/c13-9-12-11-7-2-1-5-10(11)6-3-4-8-14-12/h1-2,5,7,12H,3-4,6,8-9H2. The highest BCUT2D eigenvalue weighted by Crippen LogP contribution is 2.27. The molecular formula is C12H15IO. The van der Waals surface area contributed by atoms with Crippen molar-refractivity contribution in [3.63, 3.8) is 0 Å².